The van der Waals surface area contributed by atoms with Crippen LogP contribution in [0.4, 0.5) is 0 Å². The molecule has 3 aromatic rings. The van der Waals surface area contributed by atoms with Gasteiger partial charge >= 0.3 is 0 Å². The van der Waals surface area contributed by atoms with E-state index in [9.17, 15) is 15.3 Å². The zero-order valence-corrected chi connectivity index (χ0v) is 15.7. The average molecular weight is 360 g/mol. The zero-order chi connectivity index (χ0) is 19.1. The van der Waals surface area contributed by atoms with E-state index in [1.165, 1.54) is 0 Å². The van der Waals surface area contributed by atoms with Crippen LogP contribution in [-0.2, 0) is 19.3 Å². The number of hydrogen-bond acceptors (Lipinski definition) is 3. The molecule has 3 nitrogen and oxygen atoms in total. The molecule has 0 spiro atoms. The van der Waals surface area contributed by atoms with Crippen molar-refractivity contribution < 1.29 is 15.3 Å². The van der Waals surface area contributed by atoms with Crippen molar-refractivity contribution in [2.24, 2.45) is 0 Å². The van der Waals surface area contributed by atoms with E-state index >= 15 is 0 Å². The second kappa shape index (κ2) is 6.66. The van der Waals surface area contributed by atoms with Gasteiger partial charge in [0.2, 0.25) is 0 Å². The molecule has 0 atom stereocenters. The Balaban J connectivity index is 1.90. The third-order valence-corrected chi connectivity index (χ3v) is 5.57. The van der Waals surface area contributed by atoms with Crippen LogP contribution in [0.1, 0.15) is 44.9 Å². The molecule has 0 fully saturated rings. The first kappa shape index (κ1) is 17.5. The summed E-state index contributed by atoms with van der Waals surface area (Å²) < 4.78 is 0. The molecule has 0 saturated carbocycles. The van der Waals surface area contributed by atoms with Crippen molar-refractivity contribution in [2.45, 2.75) is 39.0 Å². The lowest BCUT2D eigenvalue weighted by atomic mass is 9.79. The van der Waals surface area contributed by atoms with Gasteiger partial charge in [0.15, 0.2) is 0 Å². The predicted octanol–water partition coefficient (Wildman–Crippen LogP) is 4.89. The van der Waals surface area contributed by atoms with Gasteiger partial charge in [-0.15, -0.1) is 0 Å². The van der Waals surface area contributed by atoms with Gasteiger partial charge in [-0.25, -0.2) is 0 Å². The van der Waals surface area contributed by atoms with E-state index in [2.05, 4.69) is 12.1 Å². The number of benzene rings is 3. The lowest BCUT2D eigenvalue weighted by molar-refractivity contribution is 0.454. The first-order valence-corrected chi connectivity index (χ1v) is 9.32. The number of phenolic OH excluding ortho intramolecular Hbond substituents is 3. The van der Waals surface area contributed by atoms with Gasteiger partial charge in [-0.05, 0) is 102 Å². The van der Waals surface area contributed by atoms with E-state index in [0.29, 0.717) is 30.8 Å². The number of phenols is 3. The van der Waals surface area contributed by atoms with Gasteiger partial charge in [-0.2, -0.15) is 0 Å². The molecule has 3 heteroatoms. The summed E-state index contributed by atoms with van der Waals surface area (Å²) in [4.78, 5) is 0. The maximum Gasteiger partial charge on any atom is 0.119 e. The Kier molecular flexibility index (Phi) is 4.31. The fourth-order valence-corrected chi connectivity index (χ4v) is 4.28. The number of fused-ring (bicyclic) bond motifs is 2. The summed E-state index contributed by atoms with van der Waals surface area (Å²) in [5.74, 6) is 1.02. The predicted molar refractivity (Wildman–Crippen MR) is 107 cm³/mol. The van der Waals surface area contributed by atoms with Crippen molar-refractivity contribution in [2.75, 3.05) is 0 Å². The van der Waals surface area contributed by atoms with Crippen molar-refractivity contribution in [3.8, 4) is 17.2 Å². The molecule has 4 rings (SSSR count). The van der Waals surface area contributed by atoms with Crippen LogP contribution in [0.3, 0.4) is 0 Å². The maximum absolute atomic E-state index is 10.6. The number of aryl methyl sites for hydroxylation is 2. The summed E-state index contributed by atoms with van der Waals surface area (Å²) >= 11 is 0. The van der Waals surface area contributed by atoms with Gasteiger partial charge in [0.1, 0.15) is 17.2 Å². The third-order valence-electron chi connectivity index (χ3n) is 5.57. The smallest absolute Gasteiger partial charge is 0.119 e. The number of rotatable bonds is 1. The molecule has 138 valence electrons. The molecule has 0 unspecified atom stereocenters. The largest absolute Gasteiger partial charge is 0.508 e. The topological polar surface area (TPSA) is 60.7 Å². The maximum atomic E-state index is 10.6. The van der Waals surface area contributed by atoms with Crippen molar-refractivity contribution >= 4 is 0 Å². The third kappa shape index (κ3) is 3.37. The van der Waals surface area contributed by atoms with Crippen LogP contribution in [0.25, 0.3) is 0 Å². The number of hydrogen-bond donors (Lipinski definition) is 3. The molecular weight excluding hydrogens is 336 g/mol. The molecule has 0 radical (unpaired) electrons. The first-order valence-electron chi connectivity index (χ1n) is 9.32. The molecule has 0 heterocycles. The van der Waals surface area contributed by atoms with Gasteiger partial charge in [0.25, 0.3) is 0 Å². The summed E-state index contributed by atoms with van der Waals surface area (Å²) in [6, 6.07) is 15.2. The molecule has 1 aliphatic rings. The number of aromatic hydroxyl groups is 3. The van der Waals surface area contributed by atoms with Gasteiger partial charge in [-0.3, -0.25) is 0 Å². The van der Waals surface area contributed by atoms with Gasteiger partial charge in [0, 0.05) is 0 Å². The molecule has 0 aromatic heterocycles. The standard InChI is InChI=1S/C24H24O3/c1-14-7-18-11-19-8-15(2)10-24(27)22(19)13-17(12-21(18)23(26)9-14)16-3-5-20(25)6-4-16/h3-10,17,25-27H,11-13H2,1-2H3. The van der Waals surface area contributed by atoms with E-state index in [1.807, 2.05) is 38.1 Å². The Morgan fingerprint density at radius 2 is 1.19 bits per heavy atom. The first-order chi connectivity index (χ1) is 12.9. The molecule has 0 amide bonds. The molecule has 0 bridgehead atoms. The summed E-state index contributed by atoms with van der Waals surface area (Å²) in [6.45, 7) is 3.98. The lowest BCUT2D eigenvalue weighted by Gasteiger charge is -2.26. The van der Waals surface area contributed by atoms with Crippen LogP contribution in [-0.4, -0.2) is 15.3 Å². The average Bonchev–Trinajstić information content (AvgIpc) is 2.58. The van der Waals surface area contributed by atoms with Gasteiger partial charge in [0.05, 0.1) is 0 Å². The van der Waals surface area contributed by atoms with Crippen molar-refractivity contribution in [1.29, 1.82) is 0 Å². The highest BCUT2D eigenvalue weighted by Crippen LogP contribution is 2.39. The second-order valence-electron chi connectivity index (χ2n) is 7.72. The molecule has 0 saturated heterocycles. The molecule has 0 aliphatic heterocycles. The van der Waals surface area contributed by atoms with Gasteiger partial charge < -0.3 is 15.3 Å². The molecule has 1 aliphatic carbocycles. The van der Waals surface area contributed by atoms with Gasteiger partial charge in [-0.1, -0.05) is 24.3 Å². The van der Waals surface area contributed by atoms with E-state index in [-0.39, 0.29) is 11.7 Å². The Bertz CT molecular complexity index is 944. The Hall–Kier alpha value is -2.94. The van der Waals surface area contributed by atoms with Crippen LogP contribution in [0.5, 0.6) is 17.2 Å². The van der Waals surface area contributed by atoms with Crippen LogP contribution < -0.4 is 0 Å². The van der Waals surface area contributed by atoms with Crippen molar-refractivity contribution in [1.82, 2.24) is 0 Å². The fourth-order valence-electron chi connectivity index (χ4n) is 4.28. The highest BCUT2D eigenvalue weighted by atomic mass is 16.3. The normalized spacial score (nSPS) is 14.1. The van der Waals surface area contributed by atoms with Crippen LogP contribution >= 0.6 is 0 Å². The monoisotopic (exact) mass is 360 g/mol. The van der Waals surface area contributed by atoms with E-state index in [1.54, 1.807) is 12.1 Å². The highest BCUT2D eigenvalue weighted by Gasteiger charge is 2.24. The summed E-state index contributed by atoms with van der Waals surface area (Å²) in [7, 11) is 0. The summed E-state index contributed by atoms with van der Waals surface area (Å²) in [5.41, 5.74) is 7.34. The molecule has 27 heavy (non-hydrogen) atoms. The van der Waals surface area contributed by atoms with Crippen molar-refractivity contribution in [3.63, 3.8) is 0 Å². The Labute approximate surface area is 159 Å². The minimum absolute atomic E-state index is 0.102. The SMILES string of the molecule is Cc1cc(O)c2c(c1)Cc1cc(C)cc(O)c1CC(c1ccc(O)cc1)C2. The van der Waals surface area contributed by atoms with Crippen LogP contribution in [0, 0.1) is 13.8 Å². The fraction of sp³-hybridized carbons (Fsp3) is 0.250. The lowest BCUT2D eigenvalue weighted by Crippen LogP contribution is -2.14. The quantitative estimate of drug-likeness (QED) is 0.579. The van der Waals surface area contributed by atoms with E-state index in [0.717, 1.165) is 38.9 Å². The van der Waals surface area contributed by atoms with E-state index < -0.39 is 0 Å². The van der Waals surface area contributed by atoms with Crippen molar-refractivity contribution in [3.05, 3.63) is 87.5 Å². The molecule has 3 N–H and O–H groups in total. The zero-order valence-electron chi connectivity index (χ0n) is 15.7. The molecular formula is C24H24O3. The van der Waals surface area contributed by atoms with E-state index in [4.69, 9.17) is 0 Å². The van der Waals surface area contributed by atoms with Crippen LogP contribution in [0.15, 0.2) is 48.5 Å². The summed E-state index contributed by atoms with van der Waals surface area (Å²) in [6.07, 6.45) is 2.09. The Morgan fingerprint density at radius 1 is 0.704 bits per heavy atom. The minimum Gasteiger partial charge on any atom is -0.508 e. The highest BCUT2D eigenvalue weighted by molar-refractivity contribution is 5.52. The second-order valence-corrected chi connectivity index (χ2v) is 7.72. The minimum atomic E-state index is 0.102. The Morgan fingerprint density at radius 3 is 1.67 bits per heavy atom. The summed E-state index contributed by atoms with van der Waals surface area (Å²) in [5, 5.41) is 30.9. The molecule has 3 aromatic carbocycles. The van der Waals surface area contributed by atoms with Crippen LogP contribution in [0.2, 0.25) is 0 Å².